The largest absolute Gasteiger partial charge is 0.481 e. The van der Waals surface area contributed by atoms with Crippen LogP contribution in [0.3, 0.4) is 0 Å². The molecule has 2 rings (SSSR count). The van der Waals surface area contributed by atoms with Crippen molar-refractivity contribution >= 4 is 15.8 Å². The molecule has 1 saturated carbocycles. The maximum Gasteiger partial charge on any atom is 0.309 e. The minimum atomic E-state index is -2.97. The summed E-state index contributed by atoms with van der Waals surface area (Å²) in [6.45, 7) is 0. The lowest BCUT2D eigenvalue weighted by atomic mass is 9.77. The first-order chi connectivity index (χ1) is 6.94. The summed E-state index contributed by atoms with van der Waals surface area (Å²) in [4.78, 5) is 11.3. The van der Waals surface area contributed by atoms with Crippen LogP contribution >= 0.6 is 0 Å². The second-order valence-corrected chi connectivity index (χ2v) is 7.19. The van der Waals surface area contributed by atoms with Crippen LogP contribution < -0.4 is 0 Å². The molecule has 1 heterocycles. The maximum absolute atomic E-state index is 11.3. The van der Waals surface area contributed by atoms with Crippen LogP contribution in [-0.2, 0) is 14.6 Å². The van der Waals surface area contributed by atoms with Gasteiger partial charge in [-0.05, 0) is 25.2 Å². The lowest BCUT2D eigenvalue weighted by Crippen LogP contribution is -2.40. The van der Waals surface area contributed by atoms with Crippen molar-refractivity contribution in [3.05, 3.63) is 0 Å². The molecule has 0 aromatic carbocycles. The first kappa shape index (κ1) is 10.9. The number of sulfone groups is 1. The fourth-order valence-corrected chi connectivity index (χ4v) is 3.92. The molecule has 4 nitrogen and oxygen atoms in total. The monoisotopic (exact) mass is 232 g/mol. The van der Waals surface area contributed by atoms with Crippen molar-refractivity contribution in [2.45, 2.75) is 32.1 Å². The topological polar surface area (TPSA) is 71.4 Å². The van der Waals surface area contributed by atoms with Gasteiger partial charge in [-0.25, -0.2) is 8.42 Å². The van der Waals surface area contributed by atoms with Crippen LogP contribution in [0.25, 0.3) is 0 Å². The van der Waals surface area contributed by atoms with E-state index in [0.717, 1.165) is 12.8 Å². The summed E-state index contributed by atoms with van der Waals surface area (Å²) in [5.74, 6) is -0.177. The van der Waals surface area contributed by atoms with Gasteiger partial charge in [-0.1, -0.05) is 12.8 Å². The van der Waals surface area contributed by atoms with E-state index in [1.165, 1.54) is 0 Å². The summed E-state index contributed by atoms with van der Waals surface area (Å²) in [6.07, 6.45) is 3.52. The summed E-state index contributed by atoms with van der Waals surface area (Å²) in [5, 5.41) is 9.24. The molecule has 2 aliphatic rings. The first-order valence-electron chi connectivity index (χ1n) is 5.37. The van der Waals surface area contributed by atoms with Gasteiger partial charge in [0.05, 0.1) is 16.9 Å². The lowest BCUT2D eigenvalue weighted by molar-refractivity contribution is -0.150. The second-order valence-electron chi connectivity index (χ2n) is 4.88. The van der Waals surface area contributed by atoms with E-state index in [2.05, 4.69) is 0 Å². The molecule has 1 saturated heterocycles. The van der Waals surface area contributed by atoms with Gasteiger partial charge in [0.25, 0.3) is 0 Å². The Morgan fingerprint density at radius 2 is 1.80 bits per heavy atom. The molecule has 0 amide bonds. The second kappa shape index (κ2) is 3.47. The molecule has 1 aliphatic heterocycles. The number of hydrogen-bond acceptors (Lipinski definition) is 3. The third-order valence-corrected chi connectivity index (χ3v) is 5.27. The van der Waals surface area contributed by atoms with Gasteiger partial charge in [0, 0.05) is 0 Å². The van der Waals surface area contributed by atoms with E-state index in [1.54, 1.807) is 0 Å². The highest BCUT2D eigenvalue weighted by Gasteiger charge is 2.46. The molecule has 0 unspecified atom stereocenters. The molecule has 0 aromatic heterocycles. The molecule has 0 bridgehead atoms. The van der Waals surface area contributed by atoms with Gasteiger partial charge in [0.2, 0.25) is 0 Å². The van der Waals surface area contributed by atoms with Crippen LogP contribution in [0.2, 0.25) is 0 Å². The molecule has 0 aromatic rings. The van der Waals surface area contributed by atoms with Crippen LogP contribution in [0.1, 0.15) is 32.1 Å². The van der Waals surface area contributed by atoms with Crippen LogP contribution in [0.15, 0.2) is 0 Å². The molecular weight excluding hydrogens is 216 g/mol. The molecule has 0 atom stereocenters. The Morgan fingerprint density at radius 3 is 2.20 bits per heavy atom. The standard InChI is InChI=1S/C10H16O4S/c11-9(12)10(7-8-1-2-8)3-5-15(13,14)6-4-10/h8H,1-7H2,(H,11,12). The molecule has 5 heteroatoms. The predicted molar refractivity (Wildman–Crippen MR) is 55.3 cm³/mol. The number of aliphatic carboxylic acids is 1. The summed E-state index contributed by atoms with van der Waals surface area (Å²) < 4.78 is 22.5. The Kier molecular flexibility index (Phi) is 2.53. The van der Waals surface area contributed by atoms with Gasteiger partial charge in [-0.15, -0.1) is 0 Å². The van der Waals surface area contributed by atoms with Crippen molar-refractivity contribution < 1.29 is 18.3 Å². The third-order valence-electron chi connectivity index (χ3n) is 3.61. The Balaban J connectivity index is 2.10. The maximum atomic E-state index is 11.3. The van der Waals surface area contributed by atoms with Crippen LogP contribution in [0, 0.1) is 11.3 Å². The van der Waals surface area contributed by atoms with E-state index in [1.807, 2.05) is 0 Å². The van der Waals surface area contributed by atoms with Crippen LogP contribution in [0.5, 0.6) is 0 Å². The van der Waals surface area contributed by atoms with Gasteiger partial charge >= 0.3 is 5.97 Å². The van der Waals surface area contributed by atoms with Crippen molar-refractivity contribution in [3.63, 3.8) is 0 Å². The van der Waals surface area contributed by atoms with Crippen molar-refractivity contribution in [2.75, 3.05) is 11.5 Å². The van der Waals surface area contributed by atoms with Crippen LogP contribution in [-0.4, -0.2) is 31.0 Å². The minimum absolute atomic E-state index is 0.0476. The number of carboxylic acids is 1. The van der Waals surface area contributed by atoms with E-state index in [-0.39, 0.29) is 11.5 Å². The SMILES string of the molecule is O=C(O)C1(CC2CC2)CCS(=O)(=O)CC1. The molecule has 0 radical (unpaired) electrons. The number of hydrogen-bond donors (Lipinski definition) is 1. The number of carboxylic acid groups (broad SMARTS) is 1. The zero-order valence-electron chi connectivity index (χ0n) is 8.61. The van der Waals surface area contributed by atoms with E-state index < -0.39 is 21.2 Å². The smallest absolute Gasteiger partial charge is 0.309 e. The predicted octanol–water partition coefficient (Wildman–Crippen LogP) is 1.07. The van der Waals surface area contributed by atoms with Crippen molar-refractivity contribution in [3.8, 4) is 0 Å². The molecule has 86 valence electrons. The zero-order chi connectivity index (χ0) is 11.1. The Morgan fingerprint density at radius 1 is 1.27 bits per heavy atom. The molecule has 1 aliphatic carbocycles. The van der Waals surface area contributed by atoms with E-state index in [9.17, 15) is 18.3 Å². The molecular formula is C10H16O4S. The Hall–Kier alpha value is -0.580. The summed E-state index contributed by atoms with van der Waals surface area (Å²) in [7, 11) is -2.97. The molecule has 15 heavy (non-hydrogen) atoms. The van der Waals surface area contributed by atoms with Gasteiger partial charge < -0.3 is 5.11 Å². The van der Waals surface area contributed by atoms with Crippen molar-refractivity contribution in [1.82, 2.24) is 0 Å². The van der Waals surface area contributed by atoms with Gasteiger partial charge in [-0.3, -0.25) is 4.79 Å². The molecule has 0 spiro atoms. The van der Waals surface area contributed by atoms with E-state index in [0.29, 0.717) is 25.2 Å². The first-order valence-corrected chi connectivity index (χ1v) is 7.20. The quantitative estimate of drug-likeness (QED) is 0.790. The summed E-state index contributed by atoms with van der Waals surface area (Å²) in [6, 6.07) is 0. The fraction of sp³-hybridized carbons (Fsp3) is 0.900. The average Bonchev–Trinajstić information content (AvgIpc) is 2.92. The van der Waals surface area contributed by atoms with Crippen LogP contribution in [0.4, 0.5) is 0 Å². The molecule has 1 N–H and O–H groups in total. The highest BCUT2D eigenvalue weighted by atomic mass is 32.2. The Bertz CT molecular complexity index is 353. The van der Waals surface area contributed by atoms with Gasteiger partial charge in [-0.2, -0.15) is 0 Å². The van der Waals surface area contributed by atoms with Crippen molar-refractivity contribution in [1.29, 1.82) is 0 Å². The number of carbonyl (C=O) groups is 1. The zero-order valence-corrected chi connectivity index (χ0v) is 9.42. The lowest BCUT2D eigenvalue weighted by Gasteiger charge is -2.33. The molecule has 2 fully saturated rings. The minimum Gasteiger partial charge on any atom is -0.481 e. The summed E-state index contributed by atoms with van der Waals surface area (Å²) in [5.41, 5.74) is -0.744. The Labute approximate surface area is 89.6 Å². The van der Waals surface area contributed by atoms with E-state index in [4.69, 9.17) is 0 Å². The average molecular weight is 232 g/mol. The third kappa shape index (κ3) is 2.33. The highest BCUT2D eigenvalue weighted by molar-refractivity contribution is 7.91. The van der Waals surface area contributed by atoms with Gasteiger partial charge in [0.1, 0.15) is 9.84 Å². The van der Waals surface area contributed by atoms with E-state index >= 15 is 0 Å². The number of rotatable bonds is 3. The van der Waals surface area contributed by atoms with Gasteiger partial charge in [0.15, 0.2) is 0 Å². The summed E-state index contributed by atoms with van der Waals surface area (Å²) >= 11 is 0. The highest BCUT2D eigenvalue weighted by Crippen LogP contribution is 2.46. The normalized spacial score (nSPS) is 28.5. The fourth-order valence-electron chi connectivity index (χ4n) is 2.31. The van der Waals surface area contributed by atoms with Crippen molar-refractivity contribution in [2.24, 2.45) is 11.3 Å².